The third-order valence-corrected chi connectivity index (χ3v) is 6.08. The molecule has 1 aliphatic carbocycles. The molecule has 1 aliphatic rings. The number of nitrogens with zero attached hydrogens (tertiary/aromatic N) is 2. The van der Waals surface area contributed by atoms with E-state index >= 15 is 0 Å². The molecule has 0 amide bonds. The molecule has 0 aliphatic heterocycles. The van der Waals surface area contributed by atoms with Crippen molar-refractivity contribution < 1.29 is 14.3 Å². The number of esters is 1. The van der Waals surface area contributed by atoms with Gasteiger partial charge in [-0.1, -0.05) is 12.1 Å². The number of carbonyl (C=O) groups is 1. The number of ether oxygens (including phenoxy) is 2. The van der Waals surface area contributed by atoms with Gasteiger partial charge >= 0.3 is 5.97 Å². The van der Waals surface area contributed by atoms with Crippen LogP contribution in [0.5, 0.6) is 0 Å². The molecule has 0 radical (unpaired) electrons. The van der Waals surface area contributed by atoms with Gasteiger partial charge in [-0.05, 0) is 57.2 Å². The summed E-state index contributed by atoms with van der Waals surface area (Å²) in [5.74, 6) is -0.436. The van der Waals surface area contributed by atoms with Crippen molar-refractivity contribution in [3.8, 4) is 0 Å². The number of benzene rings is 1. The topological polar surface area (TPSA) is 69.9 Å². The molecule has 0 saturated heterocycles. The van der Waals surface area contributed by atoms with Gasteiger partial charge in [0, 0.05) is 16.6 Å². The van der Waals surface area contributed by atoms with E-state index in [1.165, 1.54) is 10.9 Å². The van der Waals surface area contributed by atoms with Gasteiger partial charge in [0.2, 0.25) is 0 Å². The zero-order valence-corrected chi connectivity index (χ0v) is 17.5. The van der Waals surface area contributed by atoms with E-state index in [2.05, 4.69) is 4.98 Å². The van der Waals surface area contributed by atoms with Crippen molar-refractivity contribution in [3.63, 3.8) is 0 Å². The molecule has 6 nitrogen and oxygen atoms in total. The molecule has 29 heavy (non-hydrogen) atoms. The van der Waals surface area contributed by atoms with Crippen LogP contribution >= 0.6 is 11.3 Å². The number of hydrogen-bond acceptors (Lipinski definition) is 6. The molecule has 4 rings (SSSR count). The van der Waals surface area contributed by atoms with Crippen LogP contribution in [0, 0.1) is 0 Å². The summed E-state index contributed by atoms with van der Waals surface area (Å²) in [6.07, 6.45) is 4.34. The predicted molar refractivity (Wildman–Crippen MR) is 111 cm³/mol. The minimum Gasteiger partial charge on any atom is -0.456 e. The van der Waals surface area contributed by atoms with Gasteiger partial charge in [0.25, 0.3) is 5.56 Å². The second kappa shape index (κ2) is 8.47. The molecule has 0 N–H and O–H groups in total. The van der Waals surface area contributed by atoms with Crippen LogP contribution in [0.1, 0.15) is 58.9 Å². The molecule has 152 valence electrons. The normalized spacial score (nSPS) is 13.6. The highest BCUT2D eigenvalue weighted by atomic mass is 32.1. The highest BCUT2D eigenvalue weighted by Crippen LogP contribution is 2.28. The van der Waals surface area contributed by atoms with Gasteiger partial charge in [0.05, 0.1) is 24.0 Å². The van der Waals surface area contributed by atoms with E-state index in [1.54, 1.807) is 27.9 Å². The standard InChI is InChI=1S/C22H24N2O4S/c1-14(2)27-12-15-7-9-16(10-8-15)21(26)28-13-17-11-20(25)24-18-5-3-4-6-19(18)29-22(24)23-17/h7-11,14H,3-6,12-13H2,1-2H3. The lowest BCUT2D eigenvalue weighted by atomic mass is 10.0. The van der Waals surface area contributed by atoms with Crippen LogP contribution in [0.4, 0.5) is 0 Å². The van der Waals surface area contributed by atoms with E-state index in [0.717, 1.165) is 36.9 Å². The highest BCUT2D eigenvalue weighted by Gasteiger charge is 2.19. The first-order valence-electron chi connectivity index (χ1n) is 9.92. The summed E-state index contributed by atoms with van der Waals surface area (Å²) in [7, 11) is 0. The number of aromatic nitrogens is 2. The highest BCUT2D eigenvalue weighted by molar-refractivity contribution is 7.17. The SMILES string of the molecule is CC(C)OCc1ccc(C(=O)OCc2cc(=O)n3c4c(sc3n2)CCCC4)cc1. The Labute approximate surface area is 173 Å². The Morgan fingerprint density at radius 1 is 1.17 bits per heavy atom. The molecule has 1 aromatic carbocycles. The molecular weight excluding hydrogens is 388 g/mol. The van der Waals surface area contributed by atoms with Gasteiger partial charge < -0.3 is 9.47 Å². The molecule has 0 unspecified atom stereocenters. The fourth-order valence-electron chi connectivity index (χ4n) is 3.44. The van der Waals surface area contributed by atoms with Crippen LogP contribution in [-0.4, -0.2) is 21.5 Å². The van der Waals surface area contributed by atoms with Crippen molar-refractivity contribution in [2.75, 3.05) is 0 Å². The summed E-state index contributed by atoms with van der Waals surface area (Å²) in [5, 5.41) is 0. The van der Waals surface area contributed by atoms with Gasteiger partial charge in [-0.2, -0.15) is 0 Å². The van der Waals surface area contributed by atoms with Crippen molar-refractivity contribution in [3.05, 3.63) is 68.1 Å². The first-order chi connectivity index (χ1) is 14.0. The van der Waals surface area contributed by atoms with Crippen molar-refractivity contribution in [1.82, 2.24) is 9.38 Å². The second-order valence-corrected chi connectivity index (χ2v) is 8.58. The number of rotatable bonds is 6. The minimum absolute atomic E-state index is 0.0225. The lowest BCUT2D eigenvalue weighted by molar-refractivity contribution is 0.0467. The minimum atomic E-state index is -0.436. The Balaban J connectivity index is 1.44. The van der Waals surface area contributed by atoms with Crippen molar-refractivity contribution in [2.24, 2.45) is 0 Å². The summed E-state index contributed by atoms with van der Waals surface area (Å²) < 4.78 is 12.6. The fourth-order valence-corrected chi connectivity index (χ4v) is 4.67. The number of hydrogen-bond donors (Lipinski definition) is 0. The number of fused-ring (bicyclic) bond motifs is 3. The predicted octanol–water partition coefficient (Wildman–Crippen LogP) is 3.92. The molecule has 0 atom stereocenters. The lowest BCUT2D eigenvalue weighted by Crippen LogP contribution is -2.18. The van der Waals surface area contributed by atoms with E-state index in [9.17, 15) is 9.59 Å². The molecule has 0 fully saturated rings. The largest absolute Gasteiger partial charge is 0.456 e. The average molecular weight is 413 g/mol. The smallest absolute Gasteiger partial charge is 0.338 e. The third kappa shape index (κ3) is 4.41. The van der Waals surface area contributed by atoms with E-state index in [4.69, 9.17) is 9.47 Å². The van der Waals surface area contributed by atoms with Crippen LogP contribution in [0.2, 0.25) is 0 Å². The number of thiazole rings is 1. The molecule has 2 heterocycles. The summed E-state index contributed by atoms with van der Waals surface area (Å²) in [6.45, 7) is 4.44. The fraction of sp³-hybridized carbons (Fsp3) is 0.409. The molecule has 0 bridgehead atoms. The van der Waals surface area contributed by atoms with Crippen molar-refractivity contribution >= 4 is 22.3 Å². The van der Waals surface area contributed by atoms with E-state index < -0.39 is 5.97 Å². The summed E-state index contributed by atoms with van der Waals surface area (Å²) >= 11 is 1.57. The Morgan fingerprint density at radius 3 is 2.69 bits per heavy atom. The maximum Gasteiger partial charge on any atom is 0.338 e. The van der Waals surface area contributed by atoms with Crippen LogP contribution in [-0.2, 0) is 35.5 Å². The van der Waals surface area contributed by atoms with Gasteiger partial charge in [-0.15, -0.1) is 11.3 Å². The van der Waals surface area contributed by atoms with Crippen molar-refractivity contribution in [1.29, 1.82) is 0 Å². The van der Waals surface area contributed by atoms with E-state index in [1.807, 2.05) is 26.0 Å². The molecule has 2 aromatic heterocycles. The Morgan fingerprint density at radius 2 is 1.93 bits per heavy atom. The van der Waals surface area contributed by atoms with Gasteiger partial charge in [-0.3, -0.25) is 9.20 Å². The lowest BCUT2D eigenvalue weighted by Gasteiger charge is -2.10. The van der Waals surface area contributed by atoms with Crippen LogP contribution in [0.15, 0.2) is 35.1 Å². The maximum atomic E-state index is 12.6. The van der Waals surface area contributed by atoms with Crippen LogP contribution in [0.3, 0.4) is 0 Å². The molecular formula is C22H24N2O4S. The Bertz CT molecular complexity index is 1080. The first-order valence-corrected chi connectivity index (χ1v) is 10.7. The molecule has 0 spiro atoms. The second-order valence-electron chi connectivity index (χ2n) is 7.52. The maximum absolute atomic E-state index is 12.6. The van der Waals surface area contributed by atoms with Crippen molar-refractivity contribution in [2.45, 2.75) is 58.8 Å². The summed E-state index contributed by atoms with van der Waals surface area (Å²) in [5.41, 5.74) is 2.93. The van der Waals surface area contributed by atoms with Gasteiger partial charge in [0.1, 0.15) is 6.61 Å². The third-order valence-electron chi connectivity index (χ3n) is 4.94. The first kappa shape index (κ1) is 19.8. The molecule has 7 heteroatoms. The Hall–Kier alpha value is -2.51. The van der Waals surface area contributed by atoms with E-state index in [-0.39, 0.29) is 18.3 Å². The Kier molecular flexibility index (Phi) is 5.78. The molecule has 0 saturated carbocycles. The summed E-state index contributed by atoms with van der Waals surface area (Å²) in [6, 6.07) is 8.62. The van der Waals surface area contributed by atoms with Crippen LogP contribution < -0.4 is 5.56 Å². The monoisotopic (exact) mass is 412 g/mol. The average Bonchev–Trinajstić information content (AvgIpc) is 3.09. The molecule has 3 aromatic rings. The zero-order valence-electron chi connectivity index (χ0n) is 16.6. The number of carbonyl (C=O) groups excluding carboxylic acids is 1. The zero-order chi connectivity index (χ0) is 20.4. The van der Waals surface area contributed by atoms with E-state index in [0.29, 0.717) is 22.8 Å². The summed E-state index contributed by atoms with van der Waals surface area (Å²) in [4.78, 5) is 31.4. The van der Waals surface area contributed by atoms with Gasteiger partial charge in [-0.25, -0.2) is 9.78 Å². The quantitative estimate of drug-likeness (QED) is 0.574. The van der Waals surface area contributed by atoms with Crippen LogP contribution in [0.25, 0.3) is 4.96 Å². The van der Waals surface area contributed by atoms with Gasteiger partial charge in [0.15, 0.2) is 4.96 Å². The number of aryl methyl sites for hydroxylation is 2.